The maximum Gasteiger partial charge on any atom is 0.233 e. The molecule has 2 N–H and O–H groups in total. The zero-order chi connectivity index (χ0) is 13.6. The van der Waals surface area contributed by atoms with E-state index < -0.39 is 5.60 Å². The lowest BCUT2D eigenvalue weighted by Gasteiger charge is -2.38. The van der Waals surface area contributed by atoms with Gasteiger partial charge in [-0.25, -0.2) is 0 Å². The van der Waals surface area contributed by atoms with Gasteiger partial charge in [-0.1, -0.05) is 13.8 Å². The standard InChI is InChI=1S/C14H28N2O2/c1-4-9-16(10-13(17)15-3)11-14(18)7-5-12(2)6-8-14/h12,18H,4-11H2,1-3H3,(H,15,17). The van der Waals surface area contributed by atoms with E-state index in [9.17, 15) is 9.90 Å². The second kappa shape index (κ2) is 7.10. The zero-order valence-corrected chi connectivity index (χ0v) is 12.0. The second-order valence-corrected chi connectivity index (χ2v) is 5.79. The van der Waals surface area contributed by atoms with Gasteiger partial charge < -0.3 is 10.4 Å². The van der Waals surface area contributed by atoms with Gasteiger partial charge in [0.05, 0.1) is 12.1 Å². The topological polar surface area (TPSA) is 52.6 Å². The molecule has 0 bridgehead atoms. The molecule has 0 heterocycles. The lowest BCUT2D eigenvalue weighted by molar-refractivity contribution is -0.123. The van der Waals surface area contributed by atoms with E-state index in [1.54, 1.807) is 7.05 Å². The minimum atomic E-state index is -0.588. The Morgan fingerprint density at radius 1 is 1.44 bits per heavy atom. The molecule has 0 spiro atoms. The van der Waals surface area contributed by atoms with Crippen LogP contribution in [0.2, 0.25) is 0 Å². The highest BCUT2D eigenvalue weighted by molar-refractivity contribution is 5.77. The Morgan fingerprint density at radius 2 is 2.06 bits per heavy atom. The average Bonchev–Trinajstić information content (AvgIpc) is 2.33. The molecule has 0 radical (unpaired) electrons. The number of hydrogen-bond acceptors (Lipinski definition) is 3. The Morgan fingerprint density at radius 3 is 2.56 bits per heavy atom. The predicted octanol–water partition coefficient (Wildman–Crippen LogP) is 1.39. The molecule has 0 saturated heterocycles. The summed E-state index contributed by atoms with van der Waals surface area (Å²) in [6, 6.07) is 0. The third kappa shape index (κ3) is 4.94. The Kier molecular flexibility index (Phi) is 6.09. The summed E-state index contributed by atoms with van der Waals surface area (Å²) >= 11 is 0. The van der Waals surface area contributed by atoms with Gasteiger partial charge in [0.15, 0.2) is 0 Å². The Bertz CT molecular complexity index is 261. The molecule has 1 fully saturated rings. The first-order valence-electron chi connectivity index (χ1n) is 7.14. The first-order valence-corrected chi connectivity index (χ1v) is 7.14. The van der Waals surface area contributed by atoms with E-state index in [4.69, 9.17) is 0 Å². The maximum absolute atomic E-state index is 11.5. The van der Waals surface area contributed by atoms with Crippen molar-refractivity contribution in [2.24, 2.45) is 5.92 Å². The van der Waals surface area contributed by atoms with Gasteiger partial charge in [-0.2, -0.15) is 0 Å². The molecule has 4 heteroatoms. The van der Waals surface area contributed by atoms with Crippen molar-refractivity contribution in [2.75, 3.05) is 26.7 Å². The van der Waals surface area contributed by atoms with E-state index >= 15 is 0 Å². The summed E-state index contributed by atoms with van der Waals surface area (Å²) in [5.41, 5.74) is -0.588. The van der Waals surface area contributed by atoms with E-state index in [-0.39, 0.29) is 5.91 Å². The number of likely N-dealkylation sites (N-methyl/N-ethyl adjacent to an activating group) is 1. The molecule has 1 aliphatic carbocycles. The molecule has 0 aromatic heterocycles. The number of rotatable bonds is 6. The fourth-order valence-electron chi connectivity index (χ4n) is 2.69. The molecule has 106 valence electrons. The largest absolute Gasteiger partial charge is 0.389 e. The number of carbonyl (C=O) groups is 1. The predicted molar refractivity (Wildman–Crippen MR) is 73.4 cm³/mol. The quantitative estimate of drug-likeness (QED) is 0.755. The van der Waals surface area contributed by atoms with Crippen molar-refractivity contribution in [3.8, 4) is 0 Å². The monoisotopic (exact) mass is 256 g/mol. The highest BCUT2D eigenvalue weighted by Crippen LogP contribution is 2.32. The smallest absolute Gasteiger partial charge is 0.233 e. The molecule has 0 aliphatic heterocycles. The Labute approximate surface area is 111 Å². The van der Waals surface area contributed by atoms with Crippen LogP contribution in [-0.4, -0.2) is 48.2 Å². The molecule has 0 aromatic carbocycles. The fraction of sp³-hybridized carbons (Fsp3) is 0.929. The molecule has 4 nitrogen and oxygen atoms in total. The van der Waals surface area contributed by atoms with Crippen LogP contribution >= 0.6 is 0 Å². The lowest BCUT2D eigenvalue weighted by atomic mass is 9.79. The summed E-state index contributed by atoms with van der Waals surface area (Å²) in [5.74, 6) is 0.750. The Balaban J connectivity index is 2.51. The van der Waals surface area contributed by atoms with Crippen molar-refractivity contribution in [2.45, 2.75) is 51.6 Å². The molecule has 0 atom stereocenters. The Hall–Kier alpha value is -0.610. The van der Waals surface area contributed by atoms with Crippen LogP contribution in [0.4, 0.5) is 0 Å². The number of nitrogens with zero attached hydrogens (tertiary/aromatic N) is 1. The van der Waals surface area contributed by atoms with E-state index in [0.717, 1.165) is 44.6 Å². The number of amides is 1. The SMILES string of the molecule is CCCN(CC(=O)NC)CC1(O)CCC(C)CC1. The molecule has 0 aromatic rings. The van der Waals surface area contributed by atoms with E-state index in [1.807, 2.05) is 0 Å². The number of aliphatic hydroxyl groups is 1. The van der Waals surface area contributed by atoms with Gasteiger partial charge in [-0.3, -0.25) is 9.69 Å². The van der Waals surface area contributed by atoms with E-state index in [2.05, 4.69) is 24.1 Å². The molecule has 18 heavy (non-hydrogen) atoms. The van der Waals surface area contributed by atoms with Gasteiger partial charge in [0.2, 0.25) is 5.91 Å². The summed E-state index contributed by atoms with van der Waals surface area (Å²) in [6.07, 6.45) is 4.92. The van der Waals surface area contributed by atoms with Crippen LogP contribution in [0.3, 0.4) is 0 Å². The lowest BCUT2D eigenvalue weighted by Crippen LogP contribution is -2.48. The molecule has 1 amide bonds. The fourth-order valence-corrected chi connectivity index (χ4v) is 2.69. The van der Waals surface area contributed by atoms with Gasteiger partial charge in [-0.15, -0.1) is 0 Å². The van der Waals surface area contributed by atoms with Crippen LogP contribution in [0, 0.1) is 5.92 Å². The average molecular weight is 256 g/mol. The molecular formula is C14H28N2O2. The van der Waals surface area contributed by atoms with Crippen LogP contribution in [0.5, 0.6) is 0 Å². The highest BCUT2D eigenvalue weighted by atomic mass is 16.3. The van der Waals surface area contributed by atoms with Gasteiger partial charge in [0.25, 0.3) is 0 Å². The van der Waals surface area contributed by atoms with Gasteiger partial charge in [0.1, 0.15) is 0 Å². The summed E-state index contributed by atoms with van der Waals surface area (Å²) in [5, 5.41) is 13.2. The van der Waals surface area contributed by atoms with Crippen molar-refractivity contribution < 1.29 is 9.90 Å². The van der Waals surface area contributed by atoms with Gasteiger partial charge in [0, 0.05) is 13.6 Å². The first kappa shape index (κ1) is 15.4. The van der Waals surface area contributed by atoms with Crippen molar-refractivity contribution in [1.82, 2.24) is 10.2 Å². The van der Waals surface area contributed by atoms with E-state index in [0.29, 0.717) is 13.1 Å². The van der Waals surface area contributed by atoms with E-state index in [1.165, 1.54) is 0 Å². The number of carbonyl (C=O) groups excluding carboxylic acids is 1. The van der Waals surface area contributed by atoms with Crippen LogP contribution < -0.4 is 5.32 Å². The number of nitrogens with one attached hydrogen (secondary N) is 1. The van der Waals surface area contributed by atoms with Crippen molar-refractivity contribution >= 4 is 5.91 Å². The molecule has 0 unspecified atom stereocenters. The maximum atomic E-state index is 11.5. The highest BCUT2D eigenvalue weighted by Gasteiger charge is 2.33. The van der Waals surface area contributed by atoms with Crippen LogP contribution in [0.1, 0.15) is 46.0 Å². The first-order chi connectivity index (χ1) is 8.49. The normalized spacial score (nSPS) is 28.4. The van der Waals surface area contributed by atoms with Crippen LogP contribution in [0.25, 0.3) is 0 Å². The minimum absolute atomic E-state index is 0.0243. The van der Waals surface area contributed by atoms with Crippen molar-refractivity contribution in [1.29, 1.82) is 0 Å². The minimum Gasteiger partial charge on any atom is -0.389 e. The van der Waals surface area contributed by atoms with Crippen LogP contribution in [-0.2, 0) is 4.79 Å². The summed E-state index contributed by atoms with van der Waals surface area (Å²) in [4.78, 5) is 13.5. The summed E-state index contributed by atoms with van der Waals surface area (Å²) in [7, 11) is 1.66. The van der Waals surface area contributed by atoms with Crippen LogP contribution in [0.15, 0.2) is 0 Å². The molecule has 1 aliphatic rings. The van der Waals surface area contributed by atoms with Crippen molar-refractivity contribution in [3.63, 3.8) is 0 Å². The molecular weight excluding hydrogens is 228 g/mol. The van der Waals surface area contributed by atoms with Gasteiger partial charge >= 0.3 is 0 Å². The number of hydrogen-bond donors (Lipinski definition) is 2. The molecule has 1 saturated carbocycles. The second-order valence-electron chi connectivity index (χ2n) is 5.79. The summed E-state index contributed by atoms with van der Waals surface area (Å²) in [6.45, 7) is 6.23. The summed E-state index contributed by atoms with van der Waals surface area (Å²) < 4.78 is 0. The zero-order valence-electron chi connectivity index (χ0n) is 12.0. The van der Waals surface area contributed by atoms with Crippen molar-refractivity contribution in [3.05, 3.63) is 0 Å². The van der Waals surface area contributed by atoms with Gasteiger partial charge in [-0.05, 0) is 44.6 Å². The third-order valence-electron chi connectivity index (χ3n) is 3.91. The molecule has 1 rings (SSSR count). The third-order valence-corrected chi connectivity index (χ3v) is 3.91.